The molecule has 168 valence electrons. The fraction of sp³-hybridized carbons (Fsp3) is 0.520. The molecule has 1 aliphatic rings. The fourth-order valence-corrected chi connectivity index (χ4v) is 3.92. The van der Waals surface area contributed by atoms with Gasteiger partial charge in [-0.15, -0.1) is 0 Å². The number of amides is 1. The van der Waals surface area contributed by atoms with Crippen LogP contribution in [0.1, 0.15) is 49.8 Å². The average Bonchev–Trinajstić information content (AvgIpc) is 2.82. The van der Waals surface area contributed by atoms with E-state index in [1.807, 2.05) is 36.4 Å². The van der Waals surface area contributed by atoms with Gasteiger partial charge in [0.2, 0.25) is 5.91 Å². The lowest BCUT2D eigenvalue weighted by molar-refractivity contribution is -0.123. The smallest absolute Gasteiger partial charge is 0.241 e. The van der Waals surface area contributed by atoms with Gasteiger partial charge >= 0.3 is 0 Å². The van der Waals surface area contributed by atoms with E-state index in [0.29, 0.717) is 13.2 Å². The second kappa shape index (κ2) is 13.1. The van der Waals surface area contributed by atoms with Crippen molar-refractivity contribution < 1.29 is 9.53 Å². The second-order valence-electron chi connectivity index (χ2n) is 8.18. The molecule has 3 rings (SSSR count). The van der Waals surface area contributed by atoms with Crippen molar-refractivity contribution in [1.29, 1.82) is 0 Å². The number of nitrogens with zero attached hydrogens (tertiary/aromatic N) is 1. The normalized spacial score (nSPS) is 15.4. The first-order valence-corrected chi connectivity index (χ1v) is 11.6. The molecule has 0 radical (unpaired) electrons. The van der Waals surface area contributed by atoms with Gasteiger partial charge in [0.05, 0.1) is 6.61 Å². The third kappa shape index (κ3) is 7.96. The minimum Gasteiger partial charge on any atom is -0.494 e. The van der Waals surface area contributed by atoms with E-state index >= 15 is 0 Å². The monoisotopic (exact) mass is 424 g/mol. The van der Waals surface area contributed by atoms with Gasteiger partial charge in [0, 0.05) is 18.9 Å². The van der Waals surface area contributed by atoms with Crippen LogP contribution in [0.2, 0.25) is 0 Å². The average molecular weight is 425 g/mol. The molecule has 0 saturated carbocycles. The lowest BCUT2D eigenvalue weighted by Crippen LogP contribution is -2.39. The van der Waals surface area contributed by atoms with Crippen LogP contribution in [0, 0.1) is 5.92 Å². The summed E-state index contributed by atoms with van der Waals surface area (Å²) >= 11 is 0. The Morgan fingerprint density at radius 2 is 1.87 bits per heavy atom. The Morgan fingerprint density at radius 1 is 1.13 bits per heavy atom. The Labute approximate surface area is 186 Å². The summed E-state index contributed by atoms with van der Waals surface area (Å²) in [6, 6.07) is 11.5. The summed E-state index contributed by atoms with van der Waals surface area (Å²) in [6.45, 7) is 6.43. The van der Waals surface area contributed by atoms with Crippen LogP contribution >= 0.6 is 0 Å². The summed E-state index contributed by atoms with van der Waals surface area (Å²) in [4.78, 5) is 17.1. The molecular weight excluding hydrogens is 388 g/mol. The van der Waals surface area contributed by atoms with Gasteiger partial charge < -0.3 is 20.7 Å². The van der Waals surface area contributed by atoms with Crippen LogP contribution in [0.3, 0.4) is 0 Å². The molecule has 1 unspecified atom stereocenters. The van der Waals surface area contributed by atoms with Crippen molar-refractivity contribution in [1.82, 2.24) is 20.9 Å². The molecule has 6 nitrogen and oxygen atoms in total. The summed E-state index contributed by atoms with van der Waals surface area (Å²) < 4.78 is 5.69. The van der Waals surface area contributed by atoms with Gasteiger partial charge in [-0.05, 0) is 93.0 Å². The van der Waals surface area contributed by atoms with Gasteiger partial charge in [0.1, 0.15) is 11.8 Å². The number of benzene rings is 1. The molecule has 31 heavy (non-hydrogen) atoms. The molecule has 2 heterocycles. The lowest BCUT2D eigenvalue weighted by atomic mass is 9.94. The Bertz CT molecular complexity index is 761. The molecule has 1 amide bonds. The van der Waals surface area contributed by atoms with Gasteiger partial charge in [-0.1, -0.05) is 19.1 Å². The minimum atomic E-state index is -0.362. The predicted octanol–water partition coefficient (Wildman–Crippen LogP) is 3.25. The van der Waals surface area contributed by atoms with Gasteiger partial charge in [-0.2, -0.15) is 0 Å². The van der Waals surface area contributed by atoms with Crippen molar-refractivity contribution in [3.63, 3.8) is 0 Å². The van der Waals surface area contributed by atoms with Crippen LogP contribution in [0.25, 0.3) is 0 Å². The van der Waals surface area contributed by atoms with E-state index < -0.39 is 0 Å². The molecule has 0 spiro atoms. The van der Waals surface area contributed by atoms with Crippen molar-refractivity contribution in [2.75, 3.05) is 32.8 Å². The Kier molecular flexibility index (Phi) is 9.80. The fourth-order valence-electron chi connectivity index (χ4n) is 3.92. The standard InChI is InChI=1S/C25H36N4O2/c1-2-19-31-23-5-3-22(4-6-23)24(28-17-11-20-7-13-26-14-8-20)25(30)29-18-12-21-9-15-27-16-10-21/h3-6,9-10,15-16,20,24,26,28H,2,7-8,11-14,17-19H2,1H3,(H,29,30). The van der Waals surface area contributed by atoms with Crippen LogP contribution < -0.4 is 20.7 Å². The van der Waals surface area contributed by atoms with Crippen LogP contribution in [0.4, 0.5) is 0 Å². The highest BCUT2D eigenvalue weighted by atomic mass is 16.5. The first kappa shape index (κ1) is 23.2. The zero-order valence-electron chi connectivity index (χ0n) is 18.6. The molecule has 2 aromatic rings. The molecule has 1 aliphatic heterocycles. The summed E-state index contributed by atoms with van der Waals surface area (Å²) in [7, 11) is 0. The molecule has 0 bridgehead atoms. The zero-order valence-corrected chi connectivity index (χ0v) is 18.6. The number of pyridine rings is 1. The number of carbonyl (C=O) groups is 1. The number of carbonyl (C=O) groups excluding carboxylic acids is 1. The first-order chi connectivity index (χ1) is 15.3. The van der Waals surface area contributed by atoms with E-state index in [2.05, 4.69) is 27.9 Å². The van der Waals surface area contributed by atoms with Crippen molar-refractivity contribution in [2.45, 2.75) is 45.1 Å². The SMILES string of the molecule is CCCOc1ccc(C(NCCC2CCNCC2)C(=O)NCCc2ccncc2)cc1. The maximum atomic E-state index is 13.0. The number of nitrogens with one attached hydrogen (secondary N) is 3. The topological polar surface area (TPSA) is 75.3 Å². The van der Waals surface area contributed by atoms with E-state index in [9.17, 15) is 4.79 Å². The highest BCUT2D eigenvalue weighted by Crippen LogP contribution is 2.20. The third-order valence-corrected chi connectivity index (χ3v) is 5.77. The second-order valence-corrected chi connectivity index (χ2v) is 8.18. The molecular formula is C25H36N4O2. The van der Waals surface area contributed by atoms with Crippen LogP contribution in [0.5, 0.6) is 5.75 Å². The Hall–Kier alpha value is -2.44. The van der Waals surface area contributed by atoms with Gasteiger partial charge in [-0.25, -0.2) is 0 Å². The van der Waals surface area contributed by atoms with Crippen LogP contribution in [-0.4, -0.2) is 43.7 Å². The van der Waals surface area contributed by atoms with Gasteiger partial charge in [0.25, 0.3) is 0 Å². The number of ether oxygens (including phenoxy) is 1. The summed E-state index contributed by atoms with van der Waals surface area (Å²) in [5.74, 6) is 1.59. The van der Waals surface area contributed by atoms with Gasteiger partial charge in [0.15, 0.2) is 0 Å². The molecule has 1 atom stereocenters. The third-order valence-electron chi connectivity index (χ3n) is 5.77. The number of hydrogen-bond donors (Lipinski definition) is 3. The van der Waals surface area contributed by atoms with Crippen molar-refractivity contribution in [3.05, 3.63) is 59.9 Å². The zero-order chi connectivity index (χ0) is 21.7. The minimum absolute atomic E-state index is 0.0154. The van der Waals surface area contributed by atoms with E-state index in [1.54, 1.807) is 12.4 Å². The Balaban J connectivity index is 1.57. The summed E-state index contributed by atoms with van der Waals surface area (Å²) in [5.41, 5.74) is 2.14. The maximum Gasteiger partial charge on any atom is 0.241 e. The van der Waals surface area contributed by atoms with Crippen LogP contribution in [-0.2, 0) is 11.2 Å². The molecule has 6 heteroatoms. The molecule has 1 fully saturated rings. The lowest BCUT2D eigenvalue weighted by Gasteiger charge is -2.24. The molecule has 1 aromatic heterocycles. The van der Waals surface area contributed by atoms with E-state index in [0.717, 1.165) is 56.1 Å². The summed E-state index contributed by atoms with van der Waals surface area (Å²) in [6.07, 6.45) is 8.86. The van der Waals surface area contributed by atoms with Crippen molar-refractivity contribution >= 4 is 5.91 Å². The number of hydrogen-bond acceptors (Lipinski definition) is 5. The van der Waals surface area contributed by atoms with E-state index in [-0.39, 0.29) is 11.9 Å². The highest BCUT2D eigenvalue weighted by molar-refractivity contribution is 5.83. The van der Waals surface area contributed by atoms with Crippen LogP contribution in [0.15, 0.2) is 48.8 Å². The molecule has 3 N–H and O–H groups in total. The first-order valence-electron chi connectivity index (χ1n) is 11.6. The Morgan fingerprint density at radius 3 is 2.58 bits per heavy atom. The largest absolute Gasteiger partial charge is 0.494 e. The quantitative estimate of drug-likeness (QED) is 0.488. The van der Waals surface area contributed by atoms with Gasteiger partial charge in [-0.3, -0.25) is 9.78 Å². The summed E-state index contributed by atoms with van der Waals surface area (Å²) in [5, 5.41) is 10.0. The molecule has 1 aromatic carbocycles. The number of aromatic nitrogens is 1. The number of piperidine rings is 1. The van der Waals surface area contributed by atoms with E-state index in [4.69, 9.17) is 4.74 Å². The van der Waals surface area contributed by atoms with Crippen molar-refractivity contribution in [3.8, 4) is 5.75 Å². The predicted molar refractivity (Wildman–Crippen MR) is 124 cm³/mol. The highest BCUT2D eigenvalue weighted by Gasteiger charge is 2.21. The molecule has 0 aliphatic carbocycles. The van der Waals surface area contributed by atoms with E-state index in [1.165, 1.54) is 18.4 Å². The number of rotatable bonds is 12. The van der Waals surface area contributed by atoms with Crippen molar-refractivity contribution in [2.24, 2.45) is 5.92 Å². The molecule has 1 saturated heterocycles. The maximum absolute atomic E-state index is 13.0.